The third-order valence-corrected chi connectivity index (χ3v) is 16.3. The first-order valence-corrected chi connectivity index (χ1v) is 27.4. The van der Waals surface area contributed by atoms with Gasteiger partial charge in [0, 0.05) is 44.9 Å². The topological polar surface area (TPSA) is 19.6 Å². The zero-order valence-electron chi connectivity index (χ0n) is 45.1. The summed E-state index contributed by atoms with van der Waals surface area (Å²) in [5.74, 6) is 0. The quantitative estimate of drug-likeness (QED) is 0.148. The molecule has 4 heteroatoms. The first-order chi connectivity index (χ1) is 37.9. The Hall–Kier alpha value is -9.12. The van der Waals surface area contributed by atoms with Crippen LogP contribution >= 0.6 is 0 Å². The van der Waals surface area contributed by atoms with Crippen molar-refractivity contribution in [1.82, 2.24) is 0 Å². The molecule has 3 heterocycles. The molecule has 11 aromatic carbocycles. The molecule has 12 aromatic rings. The highest BCUT2D eigenvalue weighted by molar-refractivity contribution is 7.00. The molecular formula is C74H59BN2O. The lowest BCUT2D eigenvalue weighted by molar-refractivity contribution is 0.590. The maximum absolute atomic E-state index is 6.47. The smallest absolute Gasteiger partial charge is 0.252 e. The zero-order chi connectivity index (χ0) is 52.9. The van der Waals surface area contributed by atoms with E-state index in [-0.39, 0.29) is 17.5 Å². The average Bonchev–Trinajstić information content (AvgIpc) is 3.96. The summed E-state index contributed by atoms with van der Waals surface area (Å²) in [7, 11) is 0. The van der Waals surface area contributed by atoms with Gasteiger partial charge in [0.1, 0.15) is 11.2 Å². The van der Waals surface area contributed by atoms with E-state index in [0.717, 1.165) is 78.1 Å². The van der Waals surface area contributed by atoms with E-state index >= 15 is 0 Å². The maximum atomic E-state index is 6.47. The summed E-state index contributed by atoms with van der Waals surface area (Å²) in [6.45, 7) is 14.0. The normalized spacial score (nSPS) is 12.9. The van der Waals surface area contributed by atoms with Crippen molar-refractivity contribution in [3.63, 3.8) is 0 Å². The van der Waals surface area contributed by atoms with Gasteiger partial charge in [0.25, 0.3) is 6.71 Å². The predicted molar refractivity (Wildman–Crippen MR) is 332 cm³/mol. The minimum absolute atomic E-state index is 0.0942. The van der Waals surface area contributed by atoms with Gasteiger partial charge in [0.05, 0.1) is 0 Å². The van der Waals surface area contributed by atoms with Crippen LogP contribution in [0.25, 0.3) is 77.6 Å². The number of furan rings is 1. The number of nitrogens with zero attached hydrogens (tertiary/aromatic N) is 2. The second kappa shape index (κ2) is 18.3. The highest BCUT2D eigenvalue weighted by atomic mass is 16.3. The molecule has 1 aromatic heterocycles. The van der Waals surface area contributed by atoms with E-state index in [1.165, 1.54) is 61.1 Å². The molecule has 0 bridgehead atoms. The summed E-state index contributed by atoms with van der Waals surface area (Å²) < 4.78 is 6.47. The highest BCUT2D eigenvalue weighted by Gasteiger charge is 2.45. The van der Waals surface area contributed by atoms with Crippen molar-refractivity contribution in [2.75, 3.05) is 9.80 Å². The number of rotatable bonds is 7. The van der Waals surface area contributed by atoms with Gasteiger partial charge in [-0.05, 0) is 173 Å². The van der Waals surface area contributed by atoms with Gasteiger partial charge in [-0.15, -0.1) is 0 Å². The maximum Gasteiger partial charge on any atom is 0.252 e. The SMILES string of the molecule is CC(C)(C)c1ccc2c(c1)B1c3cc(C(C)(C)C)ccc3N(c3cc(-c4ccccc4)cc(-c4ccccc4)c3)c3cc(-c4ccc5oc6ccccc6c5c4)cc(c31)N2c1cc(-c2ccccc2)cc(-c2ccccc2)c1. The molecule has 0 atom stereocenters. The molecule has 0 N–H and O–H groups in total. The monoisotopic (exact) mass is 1000 g/mol. The minimum atomic E-state index is -0.0983. The van der Waals surface area contributed by atoms with Crippen LogP contribution in [0.3, 0.4) is 0 Å². The van der Waals surface area contributed by atoms with Gasteiger partial charge < -0.3 is 14.2 Å². The summed E-state index contributed by atoms with van der Waals surface area (Å²) in [5.41, 5.74) is 26.6. The summed E-state index contributed by atoms with van der Waals surface area (Å²) in [4.78, 5) is 5.19. The molecule has 0 spiro atoms. The van der Waals surface area contributed by atoms with Crippen LogP contribution in [-0.2, 0) is 10.8 Å². The van der Waals surface area contributed by atoms with Crippen molar-refractivity contribution >= 4 is 79.2 Å². The van der Waals surface area contributed by atoms with Crippen LogP contribution in [0, 0.1) is 0 Å². The summed E-state index contributed by atoms with van der Waals surface area (Å²) >= 11 is 0. The number of fused-ring (bicyclic) bond motifs is 7. The van der Waals surface area contributed by atoms with Crippen molar-refractivity contribution in [3.8, 4) is 55.6 Å². The Morgan fingerprint density at radius 3 is 1.10 bits per heavy atom. The molecule has 0 radical (unpaired) electrons. The Morgan fingerprint density at radius 1 is 0.295 bits per heavy atom. The summed E-state index contributed by atoms with van der Waals surface area (Å²) in [6, 6.07) is 92.6. The molecular weight excluding hydrogens is 944 g/mol. The van der Waals surface area contributed by atoms with E-state index in [0.29, 0.717) is 0 Å². The van der Waals surface area contributed by atoms with E-state index < -0.39 is 0 Å². The highest BCUT2D eigenvalue weighted by Crippen LogP contribution is 2.50. The van der Waals surface area contributed by atoms with E-state index in [2.05, 4.69) is 300 Å². The van der Waals surface area contributed by atoms with Crippen molar-refractivity contribution in [2.45, 2.75) is 52.4 Å². The molecule has 2 aliphatic heterocycles. The minimum Gasteiger partial charge on any atom is -0.456 e. The van der Waals surface area contributed by atoms with Crippen LogP contribution in [0.15, 0.2) is 253 Å². The number of benzene rings is 11. The molecule has 0 aliphatic carbocycles. The van der Waals surface area contributed by atoms with Crippen LogP contribution in [-0.4, -0.2) is 6.71 Å². The molecule has 14 rings (SSSR count). The van der Waals surface area contributed by atoms with Crippen LogP contribution in [0.4, 0.5) is 34.1 Å². The Bertz CT molecular complexity index is 3950. The number of para-hydroxylation sites is 1. The molecule has 0 amide bonds. The largest absolute Gasteiger partial charge is 0.456 e. The van der Waals surface area contributed by atoms with Gasteiger partial charge >= 0.3 is 0 Å². The van der Waals surface area contributed by atoms with Gasteiger partial charge in [-0.1, -0.05) is 211 Å². The lowest BCUT2D eigenvalue weighted by atomic mass is 9.33. The number of hydrogen-bond donors (Lipinski definition) is 0. The fourth-order valence-electron chi connectivity index (χ4n) is 12.2. The summed E-state index contributed by atoms with van der Waals surface area (Å²) in [5, 5.41) is 2.22. The Morgan fingerprint density at radius 2 is 0.679 bits per heavy atom. The van der Waals surface area contributed by atoms with Crippen LogP contribution in [0.5, 0.6) is 0 Å². The van der Waals surface area contributed by atoms with Crippen molar-refractivity contribution in [2.24, 2.45) is 0 Å². The molecule has 3 nitrogen and oxygen atoms in total. The first kappa shape index (κ1) is 47.3. The van der Waals surface area contributed by atoms with Gasteiger partial charge in [-0.2, -0.15) is 0 Å². The standard InChI is InChI=1S/C74H59BN2O/c1-73(2,3)58-32-34-66-64(46-58)75-65-47-59(74(4,5)6)33-35-67(65)77(61-41-55(50-25-15-9-16-26-50)38-56(42-61)51-27-17-10-18-28-51)69-45-57(52-31-36-71-63(43-52)62-29-19-20-30-70(62)78-71)44-68(72(69)75)76(66)60-39-53(48-21-11-7-12-22-48)37-54(40-60)49-23-13-8-14-24-49/h7-47H,1-6H3. The molecule has 0 saturated heterocycles. The van der Waals surface area contributed by atoms with Crippen LogP contribution in [0.2, 0.25) is 0 Å². The van der Waals surface area contributed by atoms with E-state index in [4.69, 9.17) is 4.42 Å². The van der Waals surface area contributed by atoms with Crippen molar-refractivity contribution in [1.29, 1.82) is 0 Å². The third kappa shape index (κ3) is 8.14. The first-order valence-electron chi connectivity index (χ1n) is 27.4. The Balaban J connectivity index is 1.13. The summed E-state index contributed by atoms with van der Waals surface area (Å²) in [6.07, 6.45) is 0. The fourth-order valence-corrected chi connectivity index (χ4v) is 12.2. The Labute approximate surface area is 458 Å². The number of anilines is 6. The Kier molecular flexibility index (Phi) is 11.1. The molecule has 0 unspecified atom stereocenters. The average molecular weight is 1000 g/mol. The fraction of sp³-hybridized carbons (Fsp3) is 0.108. The van der Waals surface area contributed by atoms with Gasteiger partial charge in [-0.3, -0.25) is 0 Å². The van der Waals surface area contributed by atoms with Gasteiger partial charge in [0.2, 0.25) is 0 Å². The number of hydrogen-bond acceptors (Lipinski definition) is 3. The van der Waals surface area contributed by atoms with Gasteiger partial charge in [0.15, 0.2) is 0 Å². The molecule has 0 saturated carbocycles. The second-order valence-electron chi connectivity index (χ2n) is 23.4. The van der Waals surface area contributed by atoms with E-state index in [1.54, 1.807) is 0 Å². The lowest BCUT2D eigenvalue weighted by Gasteiger charge is -2.45. The van der Waals surface area contributed by atoms with Crippen LogP contribution < -0.4 is 26.2 Å². The second-order valence-corrected chi connectivity index (χ2v) is 23.4. The molecule has 0 fully saturated rings. The molecule has 374 valence electrons. The van der Waals surface area contributed by atoms with Crippen molar-refractivity contribution in [3.05, 3.63) is 260 Å². The third-order valence-electron chi connectivity index (χ3n) is 16.3. The van der Waals surface area contributed by atoms with E-state index in [9.17, 15) is 0 Å². The van der Waals surface area contributed by atoms with Crippen molar-refractivity contribution < 1.29 is 4.42 Å². The van der Waals surface area contributed by atoms with Gasteiger partial charge in [-0.25, -0.2) is 0 Å². The van der Waals surface area contributed by atoms with E-state index in [1.807, 2.05) is 0 Å². The predicted octanol–water partition coefficient (Wildman–Crippen LogP) is 18.6. The lowest BCUT2D eigenvalue weighted by Crippen LogP contribution is -2.61. The molecule has 78 heavy (non-hydrogen) atoms. The zero-order valence-corrected chi connectivity index (χ0v) is 45.1. The molecule has 2 aliphatic rings. The van der Waals surface area contributed by atoms with Crippen LogP contribution in [0.1, 0.15) is 52.7 Å².